The number of methoxy groups -OCH3 is 1. The first-order valence-electron chi connectivity index (χ1n) is 11.1. The number of pyridine rings is 2. The minimum absolute atomic E-state index is 0.00282. The second-order valence-electron chi connectivity index (χ2n) is 7.98. The fourth-order valence-electron chi connectivity index (χ4n) is 4.09. The molecule has 3 aromatic heterocycles. The molecular weight excluding hydrogens is 496 g/mol. The molecule has 0 fully saturated rings. The van der Waals surface area contributed by atoms with E-state index in [9.17, 15) is 14.4 Å². The lowest BCUT2D eigenvalue weighted by molar-refractivity contribution is 0.0589. The topological polar surface area (TPSA) is 127 Å². The number of fused-ring (bicyclic) bond motifs is 1. The molecule has 1 unspecified atom stereocenters. The van der Waals surface area contributed by atoms with Crippen LogP contribution < -0.4 is 10.7 Å². The second-order valence-corrected chi connectivity index (χ2v) is 8.41. The molecule has 2 aromatic carbocycles. The molecule has 9 nitrogen and oxygen atoms in total. The zero-order valence-electron chi connectivity index (χ0n) is 19.4. The van der Waals surface area contributed by atoms with Crippen LogP contribution in [0.5, 0.6) is 0 Å². The highest BCUT2D eigenvalue weighted by Gasteiger charge is 2.29. The van der Waals surface area contributed by atoms with Gasteiger partial charge in [0.2, 0.25) is 5.89 Å². The number of aromatic amines is 1. The molecule has 5 rings (SSSR count). The third-order valence-corrected chi connectivity index (χ3v) is 6.01. The molecule has 1 atom stereocenters. The second kappa shape index (κ2) is 10.1. The number of H-pyrrole nitrogens is 1. The third kappa shape index (κ3) is 4.60. The van der Waals surface area contributed by atoms with Gasteiger partial charge in [-0.2, -0.15) is 0 Å². The maximum atomic E-state index is 13.9. The van der Waals surface area contributed by atoms with Crippen molar-refractivity contribution in [3.05, 3.63) is 117 Å². The predicted molar refractivity (Wildman–Crippen MR) is 136 cm³/mol. The summed E-state index contributed by atoms with van der Waals surface area (Å²) in [5.41, 5.74) is 1.06. The summed E-state index contributed by atoms with van der Waals surface area (Å²) in [5, 5.41) is 3.70. The number of carbonyl (C=O) groups is 2. The van der Waals surface area contributed by atoms with Crippen molar-refractivity contribution in [2.45, 2.75) is 6.04 Å². The van der Waals surface area contributed by atoms with Crippen LogP contribution in [0.4, 0.5) is 0 Å². The number of rotatable bonds is 6. The molecule has 3 heterocycles. The lowest BCUT2D eigenvalue weighted by atomic mass is 9.94. The molecule has 37 heavy (non-hydrogen) atoms. The fraction of sp³-hybridized carbons (Fsp3) is 0.0741. The quantitative estimate of drug-likeness (QED) is 0.318. The summed E-state index contributed by atoms with van der Waals surface area (Å²) in [7, 11) is 1.20. The van der Waals surface area contributed by atoms with E-state index in [-0.39, 0.29) is 33.8 Å². The molecule has 0 saturated carbocycles. The van der Waals surface area contributed by atoms with Gasteiger partial charge >= 0.3 is 5.97 Å². The summed E-state index contributed by atoms with van der Waals surface area (Å²) in [4.78, 5) is 51.2. The normalized spacial score (nSPS) is 11.7. The van der Waals surface area contributed by atoms with Crippen molar-refractivity contribution in [2.24, 2.45) is 0 Å². The lowest BCUT2D eigenvalue weighted by Gasteiger charge is -2.22. The number of hydrogen-bond donors (Lipinski definition) is 2. The van der Waals surface area contributed by atoms with E-state index >= 15 is 0 Å². The first-order chi connectivity index (χ1) is 18.0. The summed E-state index contributed by atoms with van der Waals surface area (Å²) in [6, 6.07) is 15.8. The van der Waals surface area contributed by atoms with E-state index in [4.69, 9.17) is 20.8 Å². The molecule has 10 heteroatoms. The van der Waals surface area contributed by atoms with Gasteiger partial charge in [0.05, 0.1) is 36.0 Å². The number of esters is 1. The lowest BCUT2D eigenvalue weighted by Crippen LogP contribution is -2.34. The highest BCUT2D eigenvalue weighted by Crippen LogP contribution is 2.30. The molecule has 1 amide bonds. The van der Waals surface area contributed by atoms with Crippen LogP contribution in [0.15, 0.2) is 88.5 Å². The summed E-state index contributed by atoms with van der Waals surface area (Å²) in [6.07, 6.45) is 4.22. The van der Waals surface area contributed by atoms with Crippen LogP contribution >= 0.6 is 11.6 Å². The Kier molecular flexibility index (Phi) is 6.53. The van der Waals surface area contributed by atoms with Crippen LogP contribution in [0.3, 0.4) is 0 Å². The van der Waals surface area contributed by atoms with Crippen molar-refractivity contribution < 1.29 is 18.7 Å². The molecule has 0 spiro atoms. The van der Waals surface area contributed by atoms with E-state index in [0.29, 0.717) is 21.5 Å². The molecule has 0 bridgehead atoms. The zero-order valence-corrected chi connectivity index (χ0v) is 20.2. The Morgan fingerprint density at radius 2 is 1.86 bits per heavy atom. The highest BCUT2D eigenvalue weighted by atomic mass is 35.5. The minimum Gasteiger partial charge on any atom is -0.464 e. The number of hydrogen-bond acceptors (Lipinski definition) is 7. The van der Waals surface area contributed by atoms with Gasteiger partial charge in [-0.15, -0.1) is 0 Å². The molecular formula is C27H19ClN4O5. The van der Waals surface area contributed by atoms with Gasteiger partial charge in [-0.1, -0.05) is 41.9 Å². The first-order valence-corrected chi connectivity index (χ1v) is 11.5. The summed E-state index contributed by atoms with van der Waals surface area (Å²) >= 11 is 6.17. The molecule has 184 valence electrons. The van der Waals surface area contributed by atoms with Gasteiger partial charge in [0, 0.05) is 16.6 Å². The summed E-state index contributed by atoms with van der Waals surface area (Å²) in [5.74, 6) is -1.24. The van der Waals surface area contributed by atoms with Gasteiger partial charge in [0.25, 0.3) is 5.91 Å². The van der Waals surface area contributed by atoms with Gasteiger partial charge in [-0.25, -0.2) is 14.8 Å². The van der Waals surface area contributed by atoms with Crippen molar-refractivity contribution in [3.8, 4) is 11.6 Å². The first kappa shape index (κ1) is 24.0. The third-order valence-electron chi connectivity index (χ3n) is 5.77. The minimum atomic E-state index is -0.954. The number of amides is 1. The van der Waals surface area contributed by atoms with Crippen LogP contribution in [0.25, 0.3) is 22.5 Å². The largest absolute Gasteiger partial charge is 0.464 e. The van der Waals surface area contributed by atoms with E-state index in [1.165, 1.54) is 37.9 Å². The van der Waals surface area contributed by atoms with Crippen LogP contribution in [-0.4, -0.2) is 33.9 Å². The molecule has 0 aliphatic carbocycles. The number of benzene rings is 2. The fourth-order valence-corrected chi connectivity index (χ4v) is 4.27. The molecule has 2 N–H and O–H groups in total. The monoisotopic (exact) mass is 514 g/mol. The highest BCUT2D eigenvalue weighted by molar-refractivity contribution is 6.31. The molecule has 0 aliphatic rings. The summed E-state index contributed by atoms with van der Waals surface area (Å²) in [6.45, 7) is 0. The van der Waals surface area contributed by atoms with E-state index in [1.807, 2.05) is 6.07 Å². The van der Waals surface area contributed by atoms with Crippen molar-refractivity contribution in [3.63, 3.8) is 0 Å². The van der Waals surface area contributed by atoms with Crippen molar-refractivity contribution in [1.29, 1.82) is 0 Å². The van der Waals surface area contributed by atoms with Gasteiger partial charge in [0.1, 0.15) is 12.0 Å². The van der Waals surface area contributed by atoms with Crippen LogP contribution in [-0.2, 0) is 4.74 Å². The predicted octanol–water partition coefficient (Wildman–Crippen LogP) is 4.54. The van der Waals surface area contributed by atoms with Gasteiger partial charge < -0.3 is 19.5 Å². The van der Waals surface area contributed by atoms with Crippen LogP contribution in [0.1, 0.15) is 38.0 Å². The Labute approximate surface area is 215 Å². The van der Waals surface area contributed by atoms with Crippen LogP contribution in [0, 0.1) is 0 Å². The molecule has 0 aliphatic heterocycles. The Hall–Kier alpha value is -4.76. The van der Waals surface area contributed by atoms with Gasteiger partial charge in [-0.3, -0.25) is 9.59 Å². The molecule has 0 saturated heterocycles. The van der Waals surface area contributed by atoms with E-state index in [1.54, 1.807) is 42.5 Å². The number of aromatic nitrogens is 3. The Bertz CT molecular complexity index is 1670. The van der Waals surface area contributed by atoms with E-state index in [2.05, 4.69) is 20.3 Å². The Morgan fingerprint density at radius 3 is 2.59 bits per heavy atom. The zero-order chi connectivity index (χ0) is 25.9. The maximum Gasteiger partial charge on any atom is 0.357 e. The average molecular weight is 515 g/mol. The molecule has 5 aromatic rings. The van der Waals surface area contributed by atoms with Gasteiger partial charge in [-0.05, 0) is 35.9 Å². The van der Waals surface area contributed by atoms with E-state index in [0.717, 1.165) is 0 Å². The van der Waals surface area contributed by atoms with Crippen molar-refractivity contribution in [1.82, 2.24) is 20.3 Å². The Balaban J connectivity index is 1.73. The summed E-state index contributed by atoms with van der Waals surface area (Å²) < 4.78 is 10.3. The average Bonchev–Trinajstić information content (AvgIpc) is 3.47. The number of nitrogens with zero attached hydrogens (tertiary/aromatic N) is 2. The van der Waals surface area contributed by atoms with Gasteiger partial charge in [0.15, 0.2) is 11.1 Å². The SMILES string of the molecule is COC(=O)c1ncccc1C(=O)NC(c1ccccc1)c1c(-c2ncco2)[nH]c2cc(Cl)ccc2c1=O. The maximum absolute atomic E-state index is 13.9. The number of carbonyl (C=O) groups excluding carboxylic acids is 2. The number of ether oxygens (including phenoxy) is 1. The standard InChI is InChI=1S/C27H19ClN4O5/c1-36-27(35)22-18(8-5-11-29-22)25(34)32-21(15-6-3-2-4-7-15)20-23(26-30-12-13-37-26)31-19-14-16(28)9-10-17(19)24(20)33/h2-14,21H,1H3,(H,31,33)(H,32,34). The number of oxazole rings is 1. The smallest absolute Gasteiger partial charge is 0.357 e. The molecule has 0 radical (unpaired) electrons. The van der Waals surface area contributed by atoms with Crippen molar-refractivity contribution in [2.75, 3.05) is 7.11 Å². The van der Waals surface area contributed by atoms with Crippen molar-refractivity contribution >= 4 is 34.4 Å². The number of nitrogens with one attached hydrogen (secondary N) is 2. The van der Waals surface area contributed by atoms with Crippen LogP contribution in [0.2, 0.25) is 5.02 Å². The number of halogens is 1. The Morgan fingerprint density at radius 1 is 1.05 bits per heavy atom. The van der Waals surface area contributed by atoms with E-state index < -0.39 is 17.9 Å².